The normalized spacial score (nSPS) is 17.5. The Morgan fingerprint density at radius 2 is 1.67 bits per heavy atom. The first-order chi connectivity index (χ1) is 16.0. The summed E-state index contributed by atoms with van der Waals surface area (Å²) in [5.41, 5.74) is 1.78. The summed E-state index contributed by atoms with van der Waals surface area (Å²) in [7, 11) is 3.11. The zero-order valence-electron chi connectivity index (χ0n) is 18.2. The maximum absolute atomic E-state index is 13.5. The third-order valence-electron chi connectivity index (χ3n) is 5.36. The van der Waals surface area contributed by atoms with Crippen LogP contribution in [0.4, 0.5) is 10.1 Å². The van der Waals surface area contributed by atoms with E-state index >= 15 is 0 Å². The molecule has 1 saturated heterocycles. The van der Waals surface area contributed by atoms with Gasteiger partial charge in [0.05, 0.1) is 14.2 Å². The first kappa shape index (κ1) is 22.7. The highest BCUT2D eigenvalue weighted by molar-refractivity contribution is 7.99. The summed E-state index contributed by atoms with van der Waals surface area (Å²) in [6.45, 7) is 0. The minimum Gasteiger partial charge on any atom is -0.493 e. The third-order valence-corrected chi connectivity index (χ3v) is 6.69. The van der Waals surface area contributed by atoms with Gasteiger partial charge in [0.2, 0.25) is 5.91 Å². The second-order valence-electron chi connectivity index (χ2n) is 7.39. The molecule has 3 aromatic rings. The second-order valence-corrected chi connectivity index (χ2v) is 8.50. The van der Waals surface area contributed by atoms with Crippen LogP contribution in [0.25, 0.3) is 0 Å². The molecule has 1 N–H and O–H groups in total. The van der Waals surface area contributed by atoms with Crippen LogP contribution in [0.1, 0.15) is 21.3 Å². The first-order valence-corrected chi connectivity index (χ1v) is 11.3. The van der Waals surface area contributed by atoms with Crippen LogP contribution in [0.5, 0.6) is 11.5 Å². The number of halogens is 1. The van der Waals surface area contributed by atoms with Crippen LogP contribution in [0.3, 0.4) is 0 Å². The first-order valence-electron chi connectivity index (χ1n) is 10.3. The Labute approximate surface area is 195 Å². The lowest BCUT2D eigenvalue weighted by atomic mass is 10.1. The molecule has 4 rings (SSSR count). The molecule has 1 aliphatic heterocycles. The smallest absolute Gasteiger partial charge is 0.255 e. The number of nitrogens with one attached hydrogen (secondary N) is 1. The van der Waals surface area contributed by atoms with E-state index in [1.165, 1.54) is 36.0 Å². The molecule has 2 amide bonds. The number of methoxy groups -OCH3 is 2. The topological polar surface area (TPSA) is 67.9 Å². The number of carbonyl (C=O) groups is 2. The Hall–Kier alpha value is -3.52. The van der Waals surface area contributed by atoms with Gasteiger partial charge in [-0.1, -0.05) is 24.3 Å². The van der Waals surface area contributed by atoms with Crippen molar-refractivity contribution in [3.8, 4) is 11.5 Å². The molecule has 0 aliphatic carbocycles. The number of rotatable bonds is 6. The minimum absolute atomic E-state index is 0.250. The van der Waals surface area contributed by atoms with Gasteiger partial charge in [-0.2, -0.15) is 0 Å². The molecule has 2 atom stereocenters. The Morgan fingerprint density at radius 1 is 0.970 bits per heavy atom. The van der Waals surface area contributed by atoms with Crippen LogP contribution in [-0.2, 0) is 4.79 Å². The minimum atomic E-state index is -0.717. The van der Waals surface area contributed by atoms with E-state index in [1.807, 2.05) is 18.2 Å². The van der Waals surface area contributed by atoms with E-state index in [2.05, 4.69) is 5.32 Å². The molecule has 2 unspecified atom stereocenters. The number of hydrogen-bond acceptors (Lipinski definition) is 5. The lowest BCUT2D eigenvalue weighted by molar-refractivity contribution is -0.119. The van der Waals surface area contributed by atoms with E-state index < -0.39 is 11.4 Å². The average Bonchev–Trinajstić information content (AvgIpc) is 3.30. The monoisotopic (exact) mass is 466 g/mol. The molecule has 0 saturated carbocycles. The molecule has 33 heavy (non-hydrogen) atoms. The summed E-state index contributed by atoms with van der Waals surface area (Å²) < 4.78 is 24.0. The Morgan fingerprint density at radius 3 is 2.33 bits per heavy atom. The molecule has 1 aliphatic rings. The molecule has 6 nitrogen and oxygen atoms in total. The summed E-state index contributed by atoms with van der Waals surface area (Å²) >= 11 is 1.50. The fourth-order valence-corrected chi connectivity index (χ4v) is 5.13. The van der Waals surface area contributed by atoms with Crippen molar-refractivity contribution >= 4 is 29.3 Å². The Bertz CT molecular complexity index is 1140. The summed E-state index contributed by atoms with van der Waals surface area (Å²) in [6.07, 6.45) is 0. The van der Waals surface area contributed by atoms with Crippen LogP contribution in [0.15, 0.2) is 72.8 Å². The van der Waals surface area contributed by atoms with Gasteiger partial charge >= 0.3 is 0 Å². The summed E-state index contributed by atoms with van der Waals surface area (Å²) in [6, 6.07) is 19.2. The van der Waals surface area contributed by atoms with Gasteiger partial charge in [0.25, 0.3) is 5.91 Å². The highest BCUT2D eigenvalue weighted by atomic mass is 32.2. The largest absolute Gasteiger partial charge is 0.493 e. The molecule has 1 heterocycles. The lowest BCUT2D eigenvalue weighted by Gasteiger charge is -2.29. The van der Waals surface area contributed by atoms with Gasteiger partial charge in [0.1, 0.15) is 17.2 Å². The molecule has 0 spiro atoms. The zero-order valence-corrected chi connectivity index (χ0v) is 19.0. The van der Waals surface area contributed by atoms with Crippen LogP contribution in [0, 0.1) is 5.82 Å². The molecule has 170 valence electrons. The standard InChI is InChI=1S/C25H23FN2O4S/c1-31-21-13-8-17(14-22(21)32-2)25-28(24(30)16-6-4-3-5-7-16)20(15-33-25)23(29)27-19-11-9-18(26)10-12-19/h3-14,20,25H,15H2,1-2H3,(H,27,29). The SMILES string of the molecule is COc1ccc(C2SCC(C(=O)Nc3ccc(F)cc3)N2C(=O)c2ccccc2)cc1OC. The molecular formula is C25H23FN2O4S. The van der Waals surface area contributed by atoms with Crippen LogP contribution in [0.2, 0.25) is 0 Å². The van der Waals surface area contributed by atoms with Gasteiger partial charge in [0, 0.05) is 17.0 Å². The van der Waals surface area contributed by atoms with Gasteiger partial charge in [-0.25, -0.2) is 4.39 Å². The Kier molecular flexibility index (Phi) is 6.84. The molecule has 8 heteroatoms. The van der Waals surface area contributed by atoms with E-state index in [0.29, 0.717) is 28.5 Å². The lowest BCUT2D eigenvalue weighted by Crippen LogP contribution is -2.45. The molecule has 0 aromatic heterocycles. The fourth-order valence-electron chi connectivity index (χ4n) is 3.71. The van der Waals surface area contributed by atoms with Gasteiger partial charge < -0.3 is 19.7 Å². The zero-order chi connectivity index (χ0) is 23.4. The second kappa shape index (κ2) is 9.95. The molecule has 1 fully saturated rings. The highest BCUT2D eigenvalue weighted by Gasteiger charge is 2.42. The number of thioether (sulfide) groups is 1. The summed E-state index contributed by atoms with van der Waals surface area (Å²) in [5, 5.41) is 2.40. The predicted octanol–water partition coefficient (Wildman–Crippen LogP) is 4.74. The van der Waals surface area contributed by atoms with Crippen LogP contribution in [-0.4, -0.2) is 42.7 Å². The number of benzene rings is 3. The predicted molar refractivity (Wildman–Crippen MR) is 126 cm³/mol. The fraction of sp³-hybridized carbons (Fsp3) is 0.200. The van der Waals surface area contributed by atoms with Crippen molar-refractivity contribution in [3.05, 3.63) is 89.7 Å². The van der Waals surface area contributed by atoms with Crippen molar-refractivity contribution < 1.29 is 23.5 Å². The number of anilines is 1. The van der Waals surface area contributed by atoms with E-state index in [4.69, 9.17) is 9.47 Å². The molecule has 0 radical (unpaired) electrons. The quantitative estimate of drug-likeness (QED) is 0.569. The summed E-state index contributed by atoms with van der Waals surface area (Å²) in [4.78, 5) is 28.3. The van der Waals surface area contributed by atoms with E-state index in [-0.39, 0.29) is 17.6 Å². The van der Waals surface area contributed by atoms with Crippen molar-refractivity contribution in [3.63, 3.8) is 0 Å². The molecule has 3 aromatic carbocycles. The van der Waals surface area contributed by atoms with E-state index in [1.54, 1.807) is 49.5 Å². The van der Waals surface area contributed by atoms with Crippen molar-refractivity contribution in [2.45, 2.75) is 11.4 Å². The average molecular weight is 467 g/mol. The van der Waals surface area contributed by atoms with Gasteiger partial charge in [-0.3, -0.25) is 9.59 Å². The van der Waals surface area contributed by atoms with Crippen molar-refractivity contribution in [1.29, 1.82) is 0 Å². The van der Waals surface area contributed by atoms with Crippen molar-refractivity contribution in [2.24, 2.45) is 0 Å². The molecule has 0 bridgehead atoms. The van der Waals surface area contributed by atoms with Crippen LogP contribution >= 0.6 is 11.8 Å². The number of amides is 2. The highest BCUT2D eigenvalue weighted by Crippen LogP contribution is 2.44. The van der Waals surface area contributed by atoms with Crippen LogP contribution < -0.4 is 14.8 Å². The number of nitrogens with zero attached hydrogens (tertiary/aromatic N) is 1. The number of carbonyl (C=O) groups excluding carboxylic acids is 2. The number of hydrogen-bond donors (Lipinski definition) is 1. The summed E-state index contributed by atoms with van der Waals surface area (Å²) in [5.74, 6) is 0.558. The van der Waals surface area contributed by atoms with Gasteiger partial charge in [0.15, 0.2) is 11.5 Å². The van der Waals surface area contributed by atoms with Gasteiger partial charge in [-0.05, 0) is 54.1 Å². The molecular weight excluding hydrogens is 443 g/mol. The maximum Gasteiger partial charge on any atom is 0.255 e. The van der Waals surface area contributed by atoms with E-state index in [9.17, 15) is 14.0 Å². The Balaban J connectivity index is 1.67. The van der Waals surface area contributed by atoms with Crippen molar-refractivity contribution in [2.75, 3.05) is 25.3 Å². The van der Waals surface area contributed by atoms with Gasteiger partial charge in [-0.15, -0.1) is 11.8 Å². The van der Waals surface area contributed by atoms with E-state index in [0.717, 1.165) is 5.56 Å². The third kappa shape index (κ3) is 4.80. The van der Waals surface area contributed by atoms with Crippen molar-refractivity contribution in [1.82, 2.24) is 4.90 Å². The number of ether oxygens (including phenoxy) is 2. The maximum atomic E-state index is 13.5.